The van der Waals surface area contributed by atoms with Gasteiger partial charge in [-0.1, -0.05) is 50.2 Å². The topological polar surface area (TPSA) is 46.2 Å². The Kier molecular flexibility index (Phi) is 6.54. The summed E-state index contributed by atoms with van der Waals surface area (Å²) >= 11 is 3.37. The van der Waals surface area contributed by atoms with E-state index in [1.165, 1.54) is 5.56 Å². The number of benzene rings is 2. The average molecular weight is 394 g/mol. The summed E-state index contributed by atoms with van der Waals surface area (Å²) in [5.41, 5.74) is 2.93. The molecule has 1 amide bonds. The molecule has 0 aliphatic rings. The van der Waals surface area contributed by atoms with Crippen LogP contribution in [0.3, 0.4) is 0 Å². The van der Waals surface area contributed by atoms with Crippen LogP contribution in [0, 0.1) is 0 Å². The molecule has 2 aromatic rings. The molecule has 0 saturated heterocycles. The van der Waals surface area contributed by atoms with Crippen LogP contribution in [-0.2, 0) is 21.3 Å². The second-order valence-electron chi connectivity index (χ2n) is 5.65. The average Bonchev–Trinajstić information content (AvgIpc) is 2.50. The van der Waals surface area contributed by atoms with Gasteiger partial charge in [0.15, 0.2) is 0 Å². The summed E-state index contributed by atoms with van der Waals surface area (Å²) in [6, 6.07) is 15.4. The Morgan fingerprint density at radius 1 is 1.13 bits per heavy atom. The molecule has 23 heavy (non-hydrogen) atoms. The maximum absolute atomic E-state index is 12.2. The van der Waals surface area contributed by atoms with E-state index in [0.29, 0.717) is 17.4 Å². The maximum Gasteiger partial charge on any atom is 0.237 e. The minimum absolute atomic E-state index is 0.00668. The number of carbonyl (C=O) groups is 1. The van der Waals surface area contributed by atoms with E-state index in [2.05, 4.69) is 47.2 Å². The quantitative estimate of drug-likeness (QED) is 0.787. The molecular formula is C18H20BrNO2S. The molecule has 1 N–H and O–H groups in total. The molecule has 1 atom stereocenters. The minimum atomic E-state index is -1.23. The lowest BCUT2D eigenvalue weighted by molar-refractivity contribution is -0.113. The maximum atomic E-state index is 12.2. The summed E-state index contributed by atoms with van der Waals surface area (Å²) in [5, 5.41) is 2.77. The highest BCUT2D eigenvalue weighted by atomic mass is 79.9. The van der Waals surface area contributed by atoms with Crippen molar-refractivity contribution >= 4 is 38.3 Å². The Morgan fingerprint density at radius 2 is 1.78 bits per heavy atom. The summed E-state index contributed by atoms with van der Waals surface area (Å²) in [6.45, 7) is 4.28. The molecule has 5 heteroatoms. The molecule has 0 radical (unpaired) electrons. The van der Waals surface area contributed by atoms with E-state index in [4.69, 9.17) is 0 Å². The molecule has 0 aromatic heterocycles. The van der Waals surface area contributed by atoms with Crippen LogP contribution < -0.4 is 5.32 Å². The van der Waals surface area contributed by atoms with Gasteiger partial charge in [0, 0.05) is 21.0 Å². The second-order valence-corrected chi connectivity index (χ2v) is 7.96. The molecule has 0 bridgehead atoms. The van der Waals surface area contributed by atoms with E-state index in [9.17, 15) is 9.00 Å². The highest BCUT2D eigenvalue weighted by Gasteiger charge is 2.10. The number of hydrogen-bond acceptors (Lipinski definition) is 2. The third-order valence-electron chi connectivity index (χ3n) is 3.41. The van der Waals surface area contributed by atoms with Crippen molar-refractivity contribution in [3.63, 3.8) is 0 Å². The van der Waals surface area contributed by atoms with Crippen molar-refractivity contribution in [2.24, 2.45) is 0 Å². The first-order chi connectivity index (χ1) is 11.0. The third kappa shape index (κ3) is 5.59. The van der Waals surface area contributed by atoms with Crippen LogP contribution in [0.2, 0.25) is 0 Å². The SMILES string of the molecule is CC(C)c1ccc(C[S@@](=O)CC(=O)Nc2ccccc2Br)cc1. The summed E-state index contributed by atoms with van der Waals surface area (Å²) in [6.07, 6.45) is 0. The molecule has 122 valence electrons. The van der Waals surface area contributed by atoms with Crippen LogP contribution >= 0.6 is 15.9 Å². The number of nitrogens with one attached hydrogen (secondary N) is 1. The number of carbonyl (C=O) groups excluding carboxylic acids is 1. The van der Waals surface area contributed by atoms with Crippen molar-refractivity contribution in [2.75, 3.05) is 11.1 Å². The Morgan fingerprint density at radius 3 is 2.39 bits per heavy atom. The van der Waals surface area contributed by atoms with Gasteiger partial charge in [0.1, 0.15) is 5.75 Å². The van der Waals surface area contributed by atoms with Crippen LogP contribution in [0.25, 0.3) is 0 Å². The number of hydrogen-bond donors (Lipinski definition) is 1. The van der Waals surface area contributed by atoms with Crippen LogP contribution in [0.4, 0.5) is 5.69 Å². The van der Waals surface area contributed by atoms with Gasteiger partial charge in [-0.2, -0.15) is 0 Å². The summed E-state index contributed by atoms with van der Waals surface area (Å²) in [4.78, 5) is 12.0. The molecule has 3 nitrogen and oxygen atoms in total. The van der Waals surface area contributed by atoms with Crippen molar-refractivity contribution in [3.8, 4) is 0 Å². The van der Waals surface area contributed by atoms with E-state index in [1.807, 2.05) is 30.3 Å². The van der Waals surface area contributed by atoms with Crippen LogP contribution in [-0.4, -0.2) is 15.9 Å². The summed E-state index contributed by atoms with van der Waals surface area (Å²) in [7, 11) is -1.23. The lowest BCUT2D eigenvalue weighted by Crippen LogP contribution is -2.20. The standard InChI is InChI=1S/C18H20BrNO2S/c1-13(2)15-9-7-14(8-10-15)11-23(22)12-18(21)20-17-6-4-3-5-16(17)19/h3-10,13H,11-12H2,1-2H3,(H,20,21)/t23-/m1/s1. The zero-order valence-corrected chi connectivity index (χ0v) is 15.6. The smallest absolute Gasteiger partial charge is 0.237 e. The number of rotatable bonds is 6. The summed E-state index contributed by atoms with van der Waals surface area (Å²) < 4.78 is 13.0. The molecule has 0 unspecified atom stereocenters. The normalized spacial score (nSPS) is 12.2. The van der Waals surface area contributed by atoms with Gasteiger partial charge < -0.3 is 5.32 Å². The highest BCUT2D eigenvalue weighted by molar-refractivity contribution is 9.10. The van der Waals surface area contributed by atoms with E-state index in [0.717, 1.165) is 10.0 Å². The molecule has 0 heterocycles. The Hall–Kier alpha value is -1.46. The number of para-hydroxylation sites is 1. The van der Waals surface area contributed by atoms with Gasteiger partial charge in [0.05, 0.1) is 5.69 Å². The Labute approximate surface area is 148 Å². The monoisotopic (exact) mass is 393 g/mol. The van der Waals surface area contributed by atoms with Gasteiger partial charge in [-0.25, -0.2) is 0 Å². The first-order valence-corrected chi connectivity index (χ1v) is 9.72. The predicted octanol–water partition coefficient (Wildman–Crippen LogP) is 4.46. The molecular weight excluding hydrogens is 374 g/mol. The largest absolute Gasteiger partial charge is 0.324 e. The second kappa shape index (κ2) is 8.41. The molecule has 0 aliphatic carbocycles. The Balaban J connectivity index is 1.89. The summed E-state index contributed by atoms with van der Waals surface area (Å²) in [5.74, 6) is 0.619. The van der Waals surface area contributed by atoms with Gasteiger partial charge in [-0.3, -0.25) is 9.00 Å². The number of anilines is 1. The van der Waals surface area contributed by atoms with Gasteiger partial charge in [-0.05, 0) is 45.1 Å². The fourth-order valence-electron chi connectivity index (χ4n) is 2.13. The van der Waals surface area contributed by atoms with E-state index in [-0.39, 0.29) is 11.7 Å². The first-order valence-electron chi connectivity index (χ1n) is 7.44. The zero-order valence-electron chi connectivity index (χ0n) is 13.2. The molecule has 2 rings (SSSR count). The van der Waals surface area contributed by atoms with Crippen LogP contribution in [0.5, 0.6) is 0 Å². The zero-order chi connectivity index (χ0) is 16.8. The predicted molar refractivity (Wildman–Crippen MR) is 100 cm³/mol. The van der Waals surface area contributed by atoms with Crippen LogP contribution in [0.1, 0.15) is 30.9 Å². The van der Waals surface area contributed by atoms with Crippen molar-refractivity contribution in [1.29, 1.82) is 0 Å². The first kappa shape index (κ1) is 17.9. The van der Waals surface area contributed by atoms with Gasteiger partial charge in [-0.15, -0.1) is 0 Å². The molecule has 2 aromatic carbocycles. The van der Waals surface area contributed by atoms with Gasteiger partial charge in [0.25, 0.3) is 0 Å². The van der Waals surface area contributed by atoms with Crippen molar-refractivity contribution in [1.82, 2.24) is 0 Å². The molecule has 0 fully saturated rings. The van der Waals surface area contributed by atoms with E-state index >= 15 is 0 Å². The van der Waals surface area contributed by atoms with Crippen molar-refractivity contribution < 1.29 is 9.00 Å². The van der Waals surface area contributed by atoms with E-state index in [1.54, 1.807) is 6.07 Å². The third-order valence-corrected chi connectivity index (χ3v) is 5.35. The van der Waals surface area contributed by atoms with Crippen LogP contribution in [0.15, 0.2) is 53.0 Å². The molecule has 0 spiro atoms. The lowest BCUT2D eigenvalue weighted by Gasteiger charge is -2.08. The number of halogens is 1. The Bertz CT molecular complexity index is 698. The van der Waals surface area contributed by atoms with Crippen molar-refractivity contribution in [3.05, 3.63) is 64.1 Å². The minimum Gasteiger partial charge on any atom is -0.324 e. The van der Waals surface area contributed by atoms with Gasteiger partial charge >= 0.3 is 0 Å². The fourth-order valence-corrected chi connectivity index (χ4v) is 3.55. The van der Waals surface area contributed by atoms with E-state index < -0.39 is 10.8 Å². The number of amides is 1. The highest BCUT2D eigenvalue weighted by Crippen LogP contribution is 2.21. The van der Waals surface area contributed by atoms with Crippen molar-refractivity contribution in [2.45, 2.75) is 25.5 Å². The molecule has 0 aliphatic heterocycles. The molecule has 0 saturated carbocycles. The van der Waals surface area contributed by atoms with Gasteiger partial charge in [0.2, 0.25) is 5.91 Å². The lowest BCUT2D eigenvalue weighted by atomic mass is 10.0. The fraction of sp³-hybridized carbons (Fsp3) is 0.278.